The van der Waals surface area contributed by atoms with Crippen molar-refractivity contribution < 1.29 is 9.53 Å². The van der Waals surface area contributed by atoms with E-state index in [1.165, 1.54) is 0 Å². The van der Waals surface area contributed by atoms with Crippen LogP contribution in [0.2, 0.25) is 0 Å². The molecular formula is C18H29NO2. The number of anilines is 1. The Balaban J connectivity index is 2.87. The maximum atomic E-state index is 12.1. The zero-order chi connectivity index (χ0) is 15.9. The number of para-hydroxylation sites is 1. The van der Waals surface area contributed by atoms with Crippen LogP contribution in [0.25, 0.3) is 0 Å². The number of nitrogens with one attached hydrogen (secondary N) is 1. The Hall–Kier alpha value is -1.51. The van der Waals surface area contributed by atoms with Gasteiger partial charge < -0.3 is 10.1 Å². The van der Waals surface area contributed by atoms with Crippen molar-refractivity contribution >= 4 is 11.6 Å². The van der Waals surface area contributed by atoms with Crippen LogP contribution < -0.4 is 10.1 Å². The summed E-state index contributed by atoms with van der Waals surface area (Å²) in [5.41, 5.74) is 1.91. The van der Waals surface area contributed by atoms with Crippen LogP contribution in [0.4, 0.5) is 5.69 Å². The van der Waals surface area contributed by atoms with Crippen molar-refractivity contribution in [2.24, 2.45) is 5.41 Å². The number of hydrogen-bond donors (Lipinski definition) is 1. The van der Waals surface area contributed by atoms with E-state index < -0.39 is 0 Å². The first-order valence-corrected chi connectivity index (χ1v) is 7.92. The Bertz CT molecular complexity index is 461. The highest BCUT2D eigenvalue weighted by Crippen LogP contribution is 2.30. The highest BCUT2D eigenvalue weighted by molar-refractivity contribution is 5.92. The summed E-state index contributed by atoms with van der Waals surface area (Å²) >= 11 is 0. The van der Waals surface area contributed by atoms with E-state index in [2.05, 4.69) is 46.0 Å². The summed E-state index contributed by atoms with van der Waals surface area (Å²) < 4.78 is 5.92. The lowest BCUT2D eigenvalue weighted by molar-refractivity contribution is -0.117. The zero-order valence-electron chi connectivity index (χ0n) is 14.1. The van der Waals surface area contributed by atoms with Crippen LogP contribution >= 0.6 is 0 Å². The lowest BCUT2D eigenvalue weighted by Crippen LogP contribution is -2.20. The van der Waals surface area contributed by atoms with E-state index in [1.54, 1.807) is 0 Å². The summed E-state index contributed by atoms with van der Waals surface area (Å²) in [6.07, 6.45) is 3.51. The molecule has 0 aromatic heterocycles. The lowest BCUT2D eigenvalue weighted by Gasteiger charge is -2.19. The lowest BCUT2D eigenvalue weighted by atomic mass is 9.92. The van der Waals surface area contributed by atoms with Crippen molar-refractivity contribution in [2.75, 3.05) is 11.9 Å². The molecular weight excluding hydrogens is 262 g/mol. The molecule has 0 heterocycles. The van der Waals surface area contributed by atoms with Gasteiger partial charge in [0.1, 0.15) is 5.75 Å². The molecule has 1 rings (SSSR count). The average molecular weight is 291 g/mol. The molecule has 0 aliphatic carbocycles. The molecule has 0 saturated carbocycles. The Morgan fingerprint density at radius 3 is 2.52 bits per heavy atom. The second kappa shape index (κ2) is 8.06. The molecule has 0 atom stereocenters. The van der Waals surface area contributed by atoms with Gasteiger partial charge in [0.25, 0.3) is 0 Å². The fraction of sp³-hybridized carbons (Fsp3) is 0.611. The summed E-state index contributed by atoms with van der Waals surface area (Å²) in [7, 11) is 0. The monoisotopic (exact) mass is 291 g/mol. The molecule has 21 heavy (non-hydrogen) atoms. The van der Waals surface area contributed by atoms with Crippen LogP contribution in [0.15, 0.2) is 18.2 Å². The van der Waals surface area contributed by atoms with Gasteiger partial charge in [-0.3, -0.25) is 4.79 Å². The molecule has 0 fully saturated rings. The molecule has 1 aromatic rings. The van der Waals surface area contributed by atoms with Gasteiger partial charge >= 0.3 is 0 Å². The standard InChI is InChI=1S/C18H29NO2/c1-6-8-12-21-17-14(7-2)10-9-11-15(17)19-16(20)13-18(3,4)5/h9-11H,6-8,12-13H2,1-5H3,(H,19,20). The maximum absolute atomic E-state index is 12.1. The molecule has 0 bridgehead atoms. The molecule has 0 unspecified atom stereocenters. The predicted molar refractivity (Wildman–Crippen MR) is 88.9 cm³/mol. The van der Waals surface area contributed by atoms with Gasteiger partial charge in [0.15, 0.2) is 0 Å². The summed E-state index contributed by atoms with van der Waals surface area (Å²) in [5, 5.41) is 3.00. The normalized spacial score (nSPS) is 11.3. The molecule has 1 aromatic carbocycles. The Labute approximate surface area is 129 Å². The smallest absolute Gasteiger partial charge is 0.224 e. The maximum Gasteiger partial charge on any atom is 0.224 e. The van der Waals surface area contributed by atoms with Crippen LogP contribution in [-0.4, -0.2) is 12.5 Å². The minimum atomic E-state index is -0.0182. The Morgan fingerprint density at radius 2 is 1.95 bits per heavy atom. The van der Waals surface area contributed by atoms with Crippen molar-refractivity contribution in [1.82, 2.24) is 0 Å². The van der Waals surface area contributed by atoms with Crippen LogP contribution in [0.5, 0.6) is 5.75 Å². The molecule has 3 heteroatoms. The van der Waals surface area contributed by atoms with Crippen LogP contribution in [0, 0.1) is 5.41 Å². The van der Waals surface area contributed by atoms with Crippen molar-refractivity contribution in [3.05, 3.63) is 23.8 Å². The van der Waals surface area contributed by atoms with Crippen LogP contribution in [-0.2, 0) is 11.2 Å². The van der Waals surface area contributed by atoms with E-state index in [9.17, 15) is 4.79 Å². The summed E-state index contributed by atoms with van der Waals surface area (Å²) in [5.74, 6) is 0.867. The van der Waals surface area contributed by atoms with Crippen molar-refractivity contribution in [1.29, 1.82) is 0 Å². The molecule has 3 nitrogen and oxygen atoms in total. The molecule has 0 aliphatic rings. The number of ether oxygens (including phenoxy) is 1. The van der Waals surface area contributed by atoms with Gasteiger partial charge in [0.2, 0.25) is 5.91 Å². The largest absolute Gasteiger partial charge is 0.491 e. The van der Waals surface area contributed by atoms with Gasteiger partial charge in [-0.15, -0.1) is 0 Å². The number of carbonyl (C=O) groups is 1. The highest BCUT2D eigenvalue weighted by Gasteiger charge is 2.18. The minimum absolute atomic E-state index is 0.0182. The number of amides is 1. The second-order valence-corrected chi connectivity index (χ2v) is 6.64. The summed E-state index contributed by atoms with van der Waals surface area (Å²) in [6, 6.07) is 5.94. The topological polar surface area (TPSA) is 38.3 Å². The van der Waals surface area contributed by atoms with E-state index in [-0.39, 0.29) is 11.3 Å². The number of rotatable bonds is 7. The first kappa shape index (κ1) is 17.5. The van der Waals surface area contributed by atoms with E-state index >= 15 is 0 Å². The van der Waals surface area contributed by atoms with Crippen molar-refractivity contribution in [2.45, 2.75) is 60.3 Å². The summed E-state index contributed by atoms with van der Waals surface area (Å²) in [4.78, 5) is 12.1. The van der Waals surface area contributed by atoms with Crippen molar-refractivity contribution in [3.63, 3.8) is 0 Å². The summed E-state index contributed by atoms with van der Waals surface area (Å²) in [6.45, 7) is 11.1. The van der Waals surface area contributed by atoms with E-state index in [0.29, 0.717) is 13.0 Å². The third kappa shape index (κ3) is 6.19. The van der Waals surface area contributed by atoms with Crippen LogP contribution in [0.3, 0.4) is 0 Å². The molecule has 0 aliphatic heterocycles. The first-order chi connectivity index (χ1) is 9.87. The van der Waals surface area contributed by atoms with Gasteiger partial charge in [-0.25, -0.2) is 0 Å². The number of carbonyl (C=O) groups excluding carboxylic acids is 1. The fourth-order valence-corrected chi connectivity index (χ4v) is 2.13. The van der Waals surface area contributed by atoms with Gasteiger partial charge in [-0.05, 0) is 29.9 Å². The number of aryl methyl sites for hydroxylation is 1. The Kier molecular flexibility index (Phi) is 6.73. The minimum Gasteiger partial charge on any atom is -0.491 e. The predicted octanol–water partition coefficient (Wildman–Crippen LogP) is 4.80. The van der Waals surface area contributed by atoms with E-state index in [1.807, 2.05) is 12.1 Å². The number of unbranched alkanes of at least 4 members (excludes halogenated alkanes) is 1. The first-order valence-electron chi connectivity index (χ1n) is 7.92. The van der Waals surface area contributed by atoms with Gasteiger partial charge in [-0.1, -0.05) is 53.2 Å². The van der Waals surface area contributed by atoms with Gasteiger partial charge in [0.05, 0.1) is 12.3 Å². The average Bonchev–Trinajstić information content (AvgIpc) is 2.38. The third-order valence-electron chi connectivity index (χ3n) is 3.19. The molecule has 1 N–H and O–H groups in total. The van der Waals surface area contributed by atoms with E-state index in [0.717, 1.165) is 36.3 Å². The third-order valence-corrected chi connectivity index (χ3v) is 3.19. The molecule has 0 saturated heterocycles. The number of benzene rings is 1. The number of hydrogen-bond acceptors (Lipinski definition) is 2. The molecule has 1 amide bonds. The second-order valence-electron chi connectivity index (χ2n) is 6.64. The van der Waals surface area contributed by atoms with Crippen LogP contribution in [0.1, 0.15) is 59.4 Å². The SMILES string of the molecule is CCCCOc1c(CC)cccc1NC(=O)CC(C)(C)C. The highest BCUT2D eigenvalue weighted by atomic mass is 16.5. The Morgan fingerprint density at radius 1 is 1.24 bits per heavy atom. The van der Waals surface area contributed by atoms with Gasteiger partial charge in [0, 0.05) is 6.42 Å². The zero-order valence-corrected chi connectivity index (χ0v) is 14.1. The fourth-order valence-electron chi connectivity index (χ4n) is 2.13. The molecule has 0 radical (unpaired) electrons. The van der Waals surface area contributed by atoms with Gasteiger partial charge in [-0.2, -0.15) is 0 Å². The molecule has 0 spiro atoms. The van der Waals surface area contributed by atoms with Crippen molar-refractivity contribution in [3.8, 4) is 5.75 Å². The molecule has 118 valence electrons. The van der Waals surface area contributed by atoms with E-state index in [4.69, 9.17) is 4.74 Å². The quantitative estimate of drug-likeness (QED) is 0.733.